The third-order valence-corrected chi connectivity index (χ3v) is 5.25. The van der Waals surface area contributed by atoms with Crippen LogP contribution in [0.5, 0.6) is 0 Å². The number of benzene rings is 2. The molecule has 2 atom stereocenters. The normalized spacial score (nSPS) is 20.5. The predicted molar refractivity (Wildman–Crippen MR) is 94.4 cm³/mol. The van der Waals surface area contributed by atoms with Gasteiger partial charge in [0, 0.05) is 27.8 Å². The predicted octanol–water partition coefficient (Wildman–Crippen LogP) is 4.75. The summed E-state index contributed by atoms with van der Waals surface area (Å²) in [6.45, 7) is 4.67. The van der Waals surface area contributed by atoms with Crippen LogP contribution in [0.3, 0.4) is 0 Å². The molecule has 2 nitrogen and oxygen atoms in total. The molecule has 1 aromatic heterocycles. The molecular formula is C20H24N2. The van der Waals surface area contributed by atoms with Gasteiger partial charge in [0.05, 0.1) is 0 Å². The largest absolute Gasteiger partial charge is 0.337 e. The molecule has 2 aromatic carbocycles. The first-order valence-electron chi connectivity index (χ1n) is 8.58. The van der Waals surface area contributed by atoms with Crippen molar-refractivity contribution < 1.29 is 0 Å². The van der Waals surface area contributed by atoms with Crippen LogP contribution < -0.4 is 5.32 Å². The van der Waals surface area contributed by atoms with Gasteiger partial charge in [0.2, 0.25) is 0 Å². The Labute approximate surface area is 132 Å². The number of aromatic nitrogens is 1. The Bertz CT molecular complexity index is 727. The first-order valence-corrected chi connectivity index (χ1v) is 8.58. The molecule has 0 spiro atoms. The van der Waals surface area contributed by atoms with E-state index in [0.717, 1.165) is 12.5 Å². The molecule has 0 amide bonds. The molecule has 114 valence electrons. The number of fused-ring (bicyclic) bond motifs is 3. The fraction of sp³-hybridized carbons (Fsp3) is 0.400. The molecule has 0 radical (unpaired) electrons. The Morgan fingerprint density at radius 2 is 1.68 bits per heavy atom. The molecule has 4 rings (SSSR count). The second-order valence-corrected chi connectivity index (χ2v) is 6.49. The van der Waals surface area contributed by atoms with Gasteiger partial charge in [-0.05, 0) is 50.4 Å². The summed E-state index contributed by atoms with van der Waals surface area (Å²) in [5.41, 5.74) is 2.78. The van der Waals surface area contributed by atoms with Gasteiger partial charge in [-0.15, -0.1) is 0 Å². The first kappa shape index (κ1) is 13.8. The lowest BCUT2D eigenvalue weighted by atomic mass is 9.89. The van der Waals surface area contributed by atoms with Crippen molar-refractivity contribution in [3.8, 4) is 0 Å². The molecule has 1 fully saturated rings. The lowest BCUT2D eigenvalue weighted by molar-refractivity contribution is 0.266. The highest BCUT2D eigenvalue weighted by Gasteiger charge is 2.26. The van der Waals surface area contributed by atoms with Gasteiger partial charge in [-0.25, -0.2) is 0 Å². The van der Waals surface area contributed by atoms with Crippen molar-refractivity contribution in [2.75, 3.05) is 13.1 Å². The van der Waals surface area contributed by atoms with Crippen molar-refractivity contribution in [1.29, 1.82) is 0 Å². The average Bonchev–Trinajstić information content (AvgIpc) is 2.92. The van der Waals surface area contributed by atoms with E-state index in [1.54, 1.807) is 0 Å². The molecule has 2 unspecified atom stereocenters. The van der Waals surface area contributed by atoms with E-state index in [9.17, 15) is 0 Å². The highest BCUT2D eigenvalue weighted by Crippen LogP contribution is 2.37. The Kier molecular flexibility index (Phi) is 3.63. The zero-order valence-corrected chi connectivity index (χ0v) is 13.3. The first-order chi connectivity index (χ1) is 10.9. The van der Waals surface area contributed by atoms with Gasteiger partial charge in [0.25, 0.3) is 0 Å². The standard InChI is InChI=1S/C20H24N2/c1-2-18(15-8-7-13-21-14-15)22-19-11-5-3-9-16(19)17-10-4-6-12-20(17)22/h3-6,9-12,15,18,21H,2,7-8,13-14H2,1H3. The van der Waals surface area contributed by atoms with Crippen LogP contribution in [0.4, 0.5) is 0 Å². The van der Waals surface area contributed by atoms with E-state index < -0.39 is 0 Å². The second-order valence-electron chi connectivity index (χ2n) is 6.49. The summed E-state index contributed by atoms with van der Waals surface area (Å²) in [5.74, 6) is 0.734. The maximum absolute atomic E-state index is 3.59. The molecule has 0 aliphatic carbocycles. The summed E-state index contributed by atoms with van der Waals surface area (Å²) in [6.07, 6.45) is 3.83. The number of para-hydroxylation sites is 2. The lowest BCUT2D eigenvalue weighted by Crippen LogP contribution is -2.35. The molecular weight excluding hydrogens is 268 g/mol. The van der Waals surface area contributed by atoms with Crippen LogP contribution >= 0.6 is 0 Å². The molecule has 1 aliphatic rings. The lowest BCUT2D eigenvalue weighted by Gasteiger charge is -2.32. The number of rotatable bonds is 3. The zero-order valence-electron chi connectivity index (χ0n) is 13.3. The minimum atomic E-state index is 0.581. The molecule has 1 N–H and O–H groups in total. The van der Waals surface area contributed by atoms with E-state index in [4.69, 9.17) is 0 Å². The number of hydrogen-bond donors (Lipinski definition) is 1. The SMILES string of the molecule is CCC(C1CCCNC1)n1c2ccccc2c2ccccc21. The summed E-state index contributed by atoms with van der Waals surface area (Å²) in [5, 5.41) is 6.37. The number of nitrogens with one attached hydrogen (secondary N) is 1. The molecule has 2 heterocycles. The van der Waals surface area contributed by atoms with E-state index in [2.05, 4.69) is 65.3 Å². The summed E-state index contributed by atoms with van der Waals surface area (Å²) in [6, 6.07) is 18.3. The molecule has 22 heavy (non-hydrogen) atoms. The third kappa shape index (κ3) is 2.14. The fourth-order valence-corrected chi connectivity index (χ4v) is 4.24. The van der Waals surface area contributed by atoms with Crippen molar-refractivity contribution in [2.45, 2.75) is 32.2 Å². The Morgan fingerprint density at radius 1 is 1.05 bits per heavy atom. The maximum Gasteiger partial charge on any atom is 0.0494 e. The van der Waals surface area contributed by atoms with Crippen LogP contribution in [0.15, 0.2) is 48.5 Å². The third-order valence-electron chi connectivity index (χ3n) is 5.25. The van der Waals surface area contributed by atoms with Gasteiger partial charge in [-0.2, -0.15) is 0 Å². The minimum absolute atomic E-state index is 0.581. The van der Waals surface area contributed by atoms with Gasteiger partial charge < -0.3 is 9.88 Å². The Hall–Kier alpha value is -1.80. The number of hydrogen-bond acceptors (Lipinski definition) is 1. The second kappa shape index (κ2) is 5.77. The van der Waals surface area contributed by atoms with Crippen molar-refractivity contribution in [1.82, 2.24) is 9.88 Å². The number of piperidine rings is 1. The van der Waals surface area contributed by atoms with Gasteiger partial charge in [-0.1, -0.05) is 43.3 Å². The highest BCUT2D eigenvalue weighted by atomic mass is 15.0. The Balaban J connectivity index is 1.94. The van der Waals surface area contributed by atoms with Crippen LogP contribution in [0.25, 0.3) is 21.8 Å². The van der Waals surface area contributed by atoms with Gasteiger partial charge >= 0.3 is 0 Å². The van der Waals surface area contributed by atoms with Crippen molar-refractivity contribution in [3.05, 3.63) is 48.5 Å². The van der Waals surface area contributed by atoms with E-state index in [1.807, 2.05) is 0 Å². The molecule has 1 saturated heterocycles. The van der Waals surface area contributed by atoms with E-state index in [0.29, 0.717) is 6.04 Å². The quantitative estimate of drug-likeness (QED) is 0.737. The summed E-state index contributed by atoms with van der Waals surface area (Å²) in [4.78, 5) is 0. The zero-order chi connectivity index (χ0) is 14.9. The molecule has 1 aliphatic heterocycles. The monoisotopic (exact) mass is 292 g/mol. The summed E-state index contributed by atoms with van der Waals surface area (Å²) >= 11 is 0. The minimum Gasteiger partial charge on any atom is -0.337 e. The van der Waals surface area contributed by atoms with E-state index >= 15 is 0 Å². The summed E-state index contributed by atoms with van der Waals surface area (Å²) < 4.78 is 2.61. The van der Waals surface area contributed by atoms with Crippen LogP contribution in [-0.4, -0.2) is 17.7 Å². The molecule has 3 aromatic rings. The highest BCUT2D eigenvalue weighted by molar-refractivity contribution is 6.08. The fourth-order valence-electron chi connectivity index (χ4n) is 4.24. The van der Waals surface area contributed by atoms with Gasteiger partial charge in [-0.3, -0.25) is 0 Å². The van der Waals surface area contributed by atoms with Crippen molar-refractivity contribution in [2.24, 2.45) is 5.92 Å². The van der Waals surface area contributed by atoms with Crippen LogP contribution in [0, 0.1) is 5.92 Å². The number of nitrogens with zero attached hydrogens (tertiary/aromatic N) is 1. The van der Waals surface area contributed by atoms with Crippen molar-refractivity contribution >= 4 is 21.8 Å². The molecule has 2 heteroatoms. The van der Waals surface area contributed by atoms with Crippen LogP contribution in [-0.2, 0) is 0 Å². The van der Waals surface area contributed by atoms with Crippen molar-refractivity contribution in [3.63, 3.8) is 0 Å². The topological polar surface area (TPSA) is 17.0 Å². The van der Waals surface area contributed by atoms with Gasteiger partial charge in [0.15, 0.2) is 0 Å². The van der Waals surface area contributed by atoms with Crippen LogP contribution in [0.1, 0.15) is 32.2 Å². The van der Waals surface area contributed by atoms with E-state index in [-0.39, 0.29) is 0 Å². The average molecular weight is 292 g/mol. The summed E-state index contributed by atoms with van der Waals surface area (Å²) in [7, 11) is 0. The van der Waals surface area contributed by atoms with Crippen LogP contribution in [0.2, 0.25) is 0 Å². The van der Waals surface area contributed by atoms with E-state index in [1.165, 1.54) is 47.6 Å². The molecule has 0 bridgehead atoms. The smallest absolute Gasteiger partial charge is 0.0494 e. The Morgan fingerprint density at radius 3 is 2.23 bits per heavy atom. The molecule has 0 saturated carbocycles. The maximum atomic E-state index is 3.59. The van der Waals surface area contributed by atoms with Gasteiger partial charge in [0.1, 0.15) is 0 Å².